The number of hydrogen-bond donors (Lipinski definition) is 1. The van der Waals surface area contributed by atoms with E-state index in [2.05, 4.69) is 15.3 Å². The SMILES string of the molecule is O=C(CC1(F)C[C@H]2CC(c3ccnc4ccc(F)cc34)C[C@H]2C1)Nc1ccc(Cl)nc1. The average molecular weight is 442 g/mol. The van der Waals surface area contributed by atoms with Crippen molar-refractivity contribution in [2.24, 2.45) is 11.8 Å². The fraction of sp³-hybridized carbons (Fsp3) is 0.375. The summed E-state index contributed by atoms with van der Waals surface area (Å²) in [6, 6.07) is 9.85. The lowest BCUT2D eigenvalue weighted by Gasteiger charge is -2.22. The van der Waals surface area contributed by atoms with Gasteiger partial charge in [0.05, 0.1) is 23.8 Å². The van der Waals surface area contributed by atoms with Gasteiger partial charge in [-0.25, -0.2) is 13.8 Å². The summed E-state index contributed by atoms with van der Waals surface area (Å²) in [6.07, 6.45) is 5.55. The van der Waals surface area contributed by atoms with Crippen LogP contribution in [0.3, 0.4) is 0 Å². The van der Waals surface area contributed by atoms with E-state index in [0.29, 0.717) is 23.7 Å². The van der Waals surface area contributed by atoms with E-state index in [1.807, 2.05) is 6.07 Å². The van der Waals surface area contributed by atoms with Gasteiger partial charge in [0.2, 0.25) is 5.91 Å². The number of benzene rings is 1. The highest BCUT2D eigenvalue weighted by molar-refractivity contribution is 6.29. The molecule has 1 aromatic carbocycles. The smallest absolute Gasteiger partial charge is 0.227 e. The Balaban J connectivity index is 1.25. The largest absolute Gasteiger partial charge is 0.325 e. The molecule has 2 aliphatic rings. The second-order valence-corrected chi connectivity index (χ2v) is 9.29. The number of rotatable bonds is 4. The van der Waals surface area contributed by atoms with E-state index in [-0.39, 0.29) is 35.9 Å². The Bertz CT molecular complexity index is 1120. The number of alkyl halides is 1. The van der Waals surface area contributed by atoms with Crippen LogP contribution in [-0.2, 0) is 4.79 Å². The van der Waals surface area contributed by atoms with E-state index in [1.165, 1.54) is 12.3 Å². The predicted octanol–water partition coefficient (Wildman–Crippen LogP) is 6.06. The van der Waals surface area contributed by atoms with Crippen LogP contribution < -0.4 is 5.32 Å². The number of fused-ring (bicyclic) bond motifs is 2. The monoisotopic (exact) mass is 441 g/mol. The highest BCUT2D eigenvalue weighted by atomic mass is 35.5. The molecular formula is C24H22ClF2N3O. The molecule has 2 heterocycles. The first-order valence-electron chi connectivity index (χ1n) is 10.5. The van der Waals surface area contributed by atoms with E-state index in [9.17, 15) is 9.18 Å². The van der Waals surface area contributed by atoms with Crippen LogP contribution in [0.5, 0.6) is 0 Å². The molecule has 2 aliphatic carbocycles. The number of hydrogen-bond acceptors (Lipinski definition) is 3. The zero-order valence-corrected chi connectivity index (χ0v) is 17.6. The summed E-state index contributed by atoms with van der Waals surface area (Å²) in [4.78, 5) is 20.6. The molecule has 4 nitrogen and oxygen atoms in total. The number of carbonyl (C=O) groups excluding carboxylic acids is 1. The summed E-state index contributed by atoms with van der Waals surface area (Å²) in [7, 11) is 0. The highest BCUT2D eigenvalue weighted by Crippen LogP contribution is 2.56. The van der Waals surface area contributed by atoms with Crippen molar-refractivity contribution in [2.45, 2.75) is 43.7 Å². The highest BCUT2D eigenvalue weighted by Gasteiger charge is 2.51. The van der Waals surface area contributed by atoms with Crippen molar-refractivity contribution in [3.8, 4) is 0 Å². The van der Waals surface area contributed by atoms with E-state index in [1.54, 1.807) is 30.5 Å². The normalized spacial score (nSPS) is 27.4. The summed E-state index contributed by atoms with van der Waals surface area (Å²) in [6.45, 7) is 0. The number of amides is 1. The fourth-order valence-corrected chi connectivity index (χ4v) is 5.68. The molecule has 1 amide bonds. The molecule has 2 fully saturated rings. The third-order valence-electron chi connectivity index (χ3n) is 6.76. The second-order valence-electron chi connectivity index (χ2n) is 8.90. The molecule has 5 rings (SSSR count). The van der Waals surface area contributed by atoms with Crippen molar-refractivity contribution in [2.75, 3.05) is 5.32 Å². The van der Waals surface area contributed by atoms with Gasteiger partial charge in [-0.15, -0.1) is 0 Å². The Morgan fingerprint density at radius 3 is 2.61 bits per heavy atom. The summed E-state index contributed by atoms with van der Waals surface area (Å²) in [5.41, 5.74) is 0.893. The lowest BCUT2D eigenvalue weighted by atomic mass is 9.88. The molecule has 0 radical (unpaired) electrons. The van der Waals surface area contributed by atoms with Gasteiger partial charge in [-0.3, -0.25) is 9.78 Å². The maximum atomic E-state index is 15.5. The molecule has 0 aliphatic heterocycles. The number of nitrogens with one attached hydrogen (secondary N) is 1. The van der Waals surface area contributed by atoms with E-state index >= 15 is 4.39 Å². The van der Waals surface area contributed by atoms with E-state index in [0.717, 1.165) is 29.3 Å². The maximum absolute atomic E-state index is 15.5. The van der Waals surface area contributed by atoms with Crippen molar-refractivity contribution in [1.29, 1.82) is 0 Å². The third kappa shape index (κ3) is 4.13. The number of anilines is 1. The number of aromatic nitrogens is 2. The molecular weight excluding hydrogens is 420 g/mol. The minimum atomic E-state index is -1.49. The van der Waals surface area contributed by atoms with Crippen LogP contribution in [0.4, 0.5) is 14.5 Å². The molecule has 4 atom stereocenters. The molecule has 2 saturated carbocycles. The third-order valence-corrected chi connectivity index (χ3v) is 6.99. The molecule has 1 N–H and O–H groups in total. The zero-order chi connectivity index (χ0) is 21.6. The van der Waals surface area contributed by atoms with Crippen LogP contribution in [0.15, 0.2) is 48.8 Å². The number of pyridine rings is 2. The lowest BCUT2D eigenvalue weighted by Crippen LogP contribution is -2.28. The Hall–Kier alpha value is -2.60. The topological polar surface area (TPSA) is 54.9 Å². The Labute approximate surface area is 184 Å². The van der Waals surface area contributed by atoms with Gasteiger partial charge in [0, 0.05) is 11.6 Å². The van der Waals surface area contributed by atoms with Crippen LogP contribution in [0.2, 0.25) is 5.15 Å². The van der Waals surface area contributed by atoms with Gasteiger partial charge in [0.25, 0.3) is 0 Å². The standard InChI is InChI=1S/C24H22ClF2N3O/c25-22-4-2-18(13-29-22)30-23(31)12-24(27)10-15-7-14(8-16(15)11-24)19-5-6-28-21-3-1-17(26)9-20(19)21/h1-6,9,13-16H,7-8,10-12H2,(H,30,31)/t14?,15-,16+,24?. The quantitative estimate of drug-likeness (QED) is 0.500. The number of halogens is 3. The van der Waals surface area contributed by atoms with Crippen molar-refractivity contribution in [3.63, 3.8) is 0 Å². The van der Waals surface area contributed by atoms with Gasteiger partial charge < -0.3 is 5.32 Å². The minimum Gasteiger partial charge on any atom is -0.325 e. The Morgan fingerprint density at radius 2 is 1.90 bits per heavy atom. The van der Waals surface area contributed by atoms with Crippen molar-refractivity contribution in [3.05, 3.63) is 65.3 Å². The van der Waals surface area contributed by atoms with Gasteiger partial charge in [0.15, 0.2) is 0 Å². The molecule has 7 heteroatoms. The summed E-state index contributed by atoms with van der Waals surface area (Å²) in [5, 5.41) is 3.88. The molecule has 2 aromatic heterocycles. The van der Waals surface area contributed by atoms with Crippen molar-refractivity contribution < 1.29 is 13.6 Å². The van der Waals surface area contributed by atoms with Crippen LogP contribution in [0.25, 0.3) is 10.9 Å². The molecule has 0 spiro atoms. The first-order valence-corrected chi connectivity index (χ1v) is 10.9. The van der Waals surface area contributed by atoms with Crippen LogP contribution in [0, 0.1) is 17.7 Å². The first-order chi connectivity index (χ1) is 14.9. The van der Waals surface area contributed by atoms with Gasteiger partial charge in [-0.2, -0.15) is 0 Å². The molecule has 3 aromatic rings. The van der Waals surface area contributed by atoms with E-state index in [4.69, 9.17) is 11.6 Å². The fourth-order valence-electron chi connectivity index (χ4n) is 5.57. The molecule has 0 saturated heterocycles. The maximum Gasteiger partial charge on any atom is 0.227 e. The molecule has 2 unspecified atom stereocenters. The molecule has 160 valence electrons. The van der Waals surface area contributed by atoms with Gasteiger partial charge >= 0.3 is 0 Å². The van der Waals surface area contributed by atoms with Crippen LogP contribution >= 0.6 is 11.6 Å². The van der Waals surface area contributed by atoms with Gasteiger partial charge in [-0.05, 0) is 85.4 Å². The number of nitrogens with zero attached hydrogens (tertiary/aromatic N) is 2. The second kappa shape index (κ2) is 7.83. The predicted molar refractivity (Wildman–Crippen MR) is 116 cm³/mol. The summed E-state index contributed by atoms with van der Waals surface area (Å²) >= 11 is 5.75. The van der Waals surface area contributed by atoms with E-state index < -0.39 is 5.67 Å². The minimum absolute atomic E-state index is 0.156. The average Bonchev–Trinajstić information content (AvgIpc) is 3.23. The zero-order valence-electron chi connectivity index (χ0n) is 16.8. The van der Waals surface area contributed by atoms with Gasteiger partial charge in [0.1, 0.15) is 16.6 Å². The summed E-state index contributed by atoms with van der Waals surface area (Å²) < 4.78 is 29.3. The van der Waals surface area contributed by atoms with Crippen molar-refractivity contribution >= 4 is 34.1 Å². The summed E-state index contributed by atoms with van der Waals surface area (Å²) in [5.74, 6) is 0.109. The Morgan fingerprint density at radius 1 is 1.13 bits per heavy atom. The molecule has 0 bridgehead atoms. The van der Waals surface area contributed by atoms with Crippen LogP contribution in [0.1, 0.15) is 43.6 Å². The van der Waals surface area contributed by atoms with Gasteiger partial charge in [-0.1, -0.05) is 11.6 Å². The van der Waals surface area contributed by atoms with Crippen LogP contribution in [-0.4, -0.2) is 21.5 Å². The number of carbonyl (C=O) groups is 1. The molecule has 31 heavy (non-hydrogen) atoms. The Kier molecular flexibility index (Phi) is 5.13. The van der Waals surface area contributed by atoms with Crippen molar-refractivity contribution in [1.82, 2.24) is 9.97 Å². The lowest BCUT2D eigenvalue weighted by molar-refractivity contribution is -0.118. The first kappa shape index (κ1) is 20.3.